The Hall–Kier alpha value is -1.55. The Labute approximate surface area is 138 Å². The highest BCUT2D eigenvalue weighted by Gasteiger charge is 2.47. The molecule has 1 saturated carbocycles. The minimum absolute atomic E-state index is 0.232. The fourth-order valence-corrected chi connectivity index (χ4v) is 2.67. The number of carbonyl (C=O) groups excluding carboxylic acids is 2. The summed E-state index contributed by atoms with van der Waals surface area (Å²) >= 11 is 0. The SMILES string of the molecule is C=C(C)C(=O)OC1CCC(C(=O)OC(C)C(F)(F)S(=O)(=O)[O-])CC1. The quantitative estimate of drug-likeness (QED) is 0.398. The summed E-state index contributed by atoms with van der Waals surface area (Å²) in [6.45, 7) is 5.59. The molecule has 0 heterocycles. The van der Waals surface area contributed by atoms with Gasteiger partial charge in [-0.2, -0.15) is 8.78 Å². The van der Waals surface area contributed by atoms with E-state index in [1.165, 1.54) is 6.92 Å². The Kier molecular flexibility index (Phi) is 6.45. The molecule has 1 unspecified atom stereocenters. The highest BCUT2D eigenvalue weighted by atomic mass is 32.2. The van der Waals surface area contributed by atoms with Crippen LogP contribution in [0.4, 0.5) is 8.78 Å². The molecule has 0 radical (unpaired) electrons. The van der Waals surface area contributed by atoms with Crippen molar-refractivity contribution in [2.75, 3.05) is 0 Å². The Balaban J connectivity index is 2.55. The molecular formula is C14H19F2O7S-. The largest absolute Gasteiger partial charge is 0.743 e. The van der Waals surface area contributed by atoms with Crippen LogP contribution in [0.3, 0.4) is 0 Å². The second kappa shape index (κ2) is 7.56. The van der Waals surface area contributed by atoms with E-state index in [0.29, 0.717) is 19.8 Å². The third kappa shape index (κ3) is 4.97. The van der Waals surface area contributed by atoms with Crippen molar-refractivity contribution in [2.45, 2.75) is 57.0 Å². The van der Waals surface area contributed by atoms with E-state index in [1.54, 1.807) is 0 Å². The highest BCUT2D eigenvalue weighted by Crippen LogP contribution is 2.31. The maximum absolute atomic E-state index is 13.3. The number of hydrogen-bond acceptors (Lipinski definition) is 7. The molecule has 0 amide bonds. The zero-order valence-electron chi connectivity index (χ0n) is 13.3. The van der Waals surface area contributed by atoms with Crippen LogP contribution < -0.4 is 0 Å². The topological polar surface area (TPSA) is 110 Å². The molecule has 138 valence electrons. The summed E-state index contributed by atoms with van der Waals surface area (Å²) in [5.74, 6) is -2.28. The van der Waals surface area contributed by atoms with Crippen molar-refractivity contribution in [3.8, 4) is 0 Å². The molecule has 1 fully saturated rings. The summed E-state index contributed by atoms with van der Waals surface area (Å²) in [7, 11) is -5.93. The van der Waals surface area contributed by atoms with Gasteiger partial charge in [0.15, 0.2) is 16.2 Å². The van der Waals surface area contributed by atoms with Crippen molar-refractivity contribution >= 4 is 22.1 Å². The average molecular weight is 369 g/mol. The van der Waals surface area contributed by atoms with Crippen LogP contribution in [0.15, 0.2) is 12.2 Å². The minimum Gasteiger partial charge on any atom is -0.743 e. The molecule has 0 bridgehead atoms. The van der Waals surface area contributed by atoms with Gasteiger partial charge in [-0.05, 0) is 39.5 Å². The summed E-state index contributed by atoms with van der Waals surface area (Å²) in [4.78, 5) is 23.2. The number of alkyl halides is 2. The standard InChI is InChI=1S/C14H20F2O7S/c1-8(2)12(17)23-11-6-4-10(5-7-11)13(18)22-9(3)14(15,16)24(19,20)21/h9-11H,1,4-7H2,2-3H3,(H,19,20,21)/p-1. The molecule has 0 N–H and O–H groups in total. The summed E-state index contributed by atoms with van der Waals surface area (Å²) < 4.78 is 67.7. The van der Waals surface area contributed by atoms with E-state index in [2.05, 4.69) is 11.3 Å². The first-order valence-electron chi connectivity index (χ1n) is 7.26. The molecular weight excluding hydrogens is 350 g/mol. The molecule has 0 aromatic carbocycles. The molecule has 1 aliphatic rings. The van der Waals surface area contributed by atoms with Crippen molar-refractivity contribution in [1.82, 2.24) is 0 Å². The van der Waals surface area contributed by atoms with E-state index < -0.39 is 45.4 Å². The van der Waals surface area contributed by atoms with Gasteiger partial charge in [0.2, 0.25) is 0 Å². The van der Waals surface area contributed by atoms with Gasteiger partial charge in [-0.1, -0.05) is 6.58 Å². The normalized spacial score (nSPS) is 23.2. The molecule has 24 heavy (non-hydrogen) atoms. The van der Waals surface area contributed by atoms with Crippen LogP contribution in [0.5, 0.6) is 0 Å². The van der Waals surface area contributed by atoms with Crippen LogP contribution in [-0.4, -0.2) is 42.4 Å². The summed E-state index contributed by atoms with van der Waals surface area (Å²) in [5, 5.41) is -4.70. The molecule has 0 aliphatic heterocycles. The van der Waals surface area contributed by atoms with Gasteiger partial charge < -0.3 is 14.0 Å². The van der Waals surface area contributed by atoms with E-state index in [9.17, 15) is 31.3 Å². The van der Waals surface area contributed by atoms with Gasteiger partial charge in [-0.15, -0.1) is 0 Å². The third-order valence-corrected chi connectivity index (χ3v) is 4.73. The van der Waals surface area contributed by atoms with Gasteiger partial charge in [0.05, 0.1) is 5.92 Å². The Morgan fingerprint density at radius 3 is 2.17 bits per heavy atom. The van der Waals surface area contributed by atoms with Crippen molar-refractivity contribution in [2.24, 2.45) is 5.92 Å². The Morgan fingerprint density at radius 2 is 1.75 bits per heavy atom. The monoisotopic (exact) mass is 369 g/mol. The van der Waals surface area contributed by atoms with Gasteiger partial charge in [0.1, 0.15) is 6.10 Å². The minimum atomic E-state index is -5.93. The lowest BCUT2D eigenvalue weighted by Crippen LogP contribution is -2.43. The van der Waals surface area contributed by atoms with Gasteiger partial charge in [-0.25, -0.2) is 13.2 Å². The average Bonchev–Trinajstić information content (AvgIpc) is 2.46. The number of carbonyl (C=O) groups is 2. The van der Waals surface area contributed by atoms with Gasteiger partial charge >= 0.3 is 17.2 Å². The lowest BCUT2D eigenvalue weighted by Gasteiger charge is -2.30. The fraction of sp³-hybridized carbons (Fsp3) is 0.714. The second-order valence-corrected chi connectivity index (χ2v) is 7.21. The van der Waals surface area contributed by atoms with E-state index >= 15 is 0 Å². The lowest BCUT2D eigenvalue weighted by molar-refractivity contribution is -0.166. The number of rotatable bonds is 6. The predicted molar refractivity (Wildman–Crippen MR) is 76.9 cm³/mol. The van der Waals surface area contributed by atoms with Crippen molar-refractivity contribution in [1.29, 1.82) is 0 Å². The van der Waals surface area contributed by atoms with Crippen LogP contribution in [0.25, 0.3) is 0 Å². The zero-order chi connectivity index (χ0) is 18.7. The van der Waals surface area contributed by atoms with Gasteiger partial charge in [0, 0.05) is 5.57 Å². The number of ether oxygens (including phenoxy) is 2. The van der Waals surface area contributed by atoms with Crippen molar-refractivity contribution in [3.05, 3.63) is 12.2 Å². The van der Waals surface area contributed by atoms with Crippen molar-refractivity contribution in [3.63, 3.8) is 0 Å². The molecule has 1 aliphatic carbocycles. The molecule has 1 atom stereocenters. The third-order valence-electron chi connectivity index (χ3n) is 3.73. The van der Waals surface area contributed by atoms with Crippen LogP contribution in [-0.2, 0) is 29.2 Å². The summed E-state index contributed by atoms with van der Waals surface area (Å²) in [6, 6.07) is 0. The molecule has 0 saturated heterocycles. The fourth-order valence-electron chi connectivity index (χ4n) is 2.21. The van der Waals surface area contributed by atoms with E-state index in [-0.39, 0.29) is 18.4 Å². The van der Waals surface area contributed by atoms with Crippen LogP contribution in [0.2, 0.25) is 0 Å². The maximum atomic E-state index is 13.3. The Bertz CT molecular complexity index is 607. The molecule has 1 rings (SSSR count). The number of halogens is 2. The molecule has 10 heteroatoms. The van der Waals surface area contributed by atoms with E-state index in [1.807, 2.05) is 0 Å². The zero-order valence-corrected chi connectivity index (χ0v) is 14.1. The van der Waals surface area contributed by atoms with Gasteiger partial charge in [-0.3, -0.25) is 4.79 Å². The number of esters is 2. The summed E-state index contributed by atoms with van der Waals surface area (Å²) in [5.41, 5.74) is 0.242. The predicted octanol–water partition coefficient (Wildman–Crippen LogP) is 1.73. The highest BCUT2D eigenvalue weighted by molar-refractivity contribution is 7.86. The first-order valence-corrected chi connectivity index (χ1v) is 8.67. The first kappa shape index (κ1) is 20.5. The van der Waals surface area contributed by atoms with Crippen LogP contribution in [0, 0.1) is 5.92 Å². The van der Waals surface area contributed by atoms with Crippen LogP contribution in [0.1, 0.15) is 39.5 Å². The smallest absolute Gasteiger partial charge is 0.369 e. The number of hydrogen-bond donors (Lipinski definition) is 0. The molecule has 7 nitrogen and oxygen atoms in total. The van der Waals surface area contributed by atoms with E-state index in [4.69, 9.17) is 4.74 Å². The second-order valence-electron chi connectivity index (χ2n) is 5.75. The van der Waals surface area contributed by atoms with Gasteiger partial charge in [0.25, 0.3) is 0 Å². The first-order chi connectivity index (χ1) is 10.9. The van der Waals surface area contributed by atoms with E-state index in [0.717, 1.165) is 0 Å². The lowest BCUT2D eigenvalue weighted by atomic mass is 9.87. The molecule has 0 aromatic rings. The molecule has 0 spiro atoms. The Morgan fingerprint density at radius 1 is 1.25 bits per heavy atom. The maximum Gasteiger partial charge on any atom is 0.369 e. The summed E-state index contributed by atoms with van der Waals surface area (Å²) in [6.07, 6.45) is -1.65. The van der Waals surface area contributed by atoms with Crippen LogP contribution >= 0.6 is 0 Å². The van der Waals surface area contributed by atoms with Crippen molar-refractivity contribution < 1.29 is 40.8 Å². The molecule has 0 aromatic heterocycles.